The van der Waals surface area contributed by atoms with Crippen molar-refractivity contribution in [1.82, 2.24) is 0 Å². The summed E-state index contributed by atoms with van der Waals surface area (Å²) in [5.74, 6) is -1.42. The zero-order valence-corrected chi connectivity index (χ0v) is 5.59. The van der Waals surface area contributed by atoms with Crippen molar-refractivity contribution < 1.29 is 13.2 Å². The first-order valence-corrected chi connectivity index (χ1v) is 3.34. The quantitative estimate of drug-likeness (QED) is 0.597. The topological polar surface area (TPSA) is 0 Å². The highest BCUT2D eigenvalue weighted by atomic mass is 32.1. The maximum atomic E-state index is 12.2. The van der Waals surface area contributed by atoms with Gasteiger partial charge in [-0.05, 0) is 11.4 Å². The number of rotatable bonds is 1. The molecule has 1 rings (SSSR count). The molecule has 0 saturated carbocycles. The average Bonchev–Trinajstić information content (AvgIpc) is 2.36. The van der Waals surface area contributed by atoms with Gasteiger partial charge in [0.2, 0.25) is 5.83 Å². The minimum absolute atomic E-state index is 0.0278. The van der Waals surface area contributed by atoms with Gasteiger partial charge >= 0.3 is 6.08 Å². The second-order valence-electron chi connectivity index (χ2n) is 1.55. The highest BCUT2D eigenvalue weighted by molar-refractivity contribution is 7.11. The summed E-state index contributed by atoms with van der Waals surface area (Å²) in [4.78, 5) is -0.0278. The monoisotopic (exact) mass is 164 g/mol. The summed E-state index contributed by atoms with van der Waals surface area (Å²) in [6.07, 6.45) is -2.26. The van der Waals surface area contributed by atoms with Gasteiger partial charge in [-0.3, -0.25) is 0 Å². The number of thiophene rings is 1. The van der Waals surface area contributed by atoms with Crippen LogP contribution in [0.2, 0.25) is 0 Å². The van der Waals surface area contributed by atoms with Crippen molar-refractivity contribution in [3.63, 3.8) is 0 Å². The maximum Gasteiger partial charge on any atom is 0.307 e. The van der Waals surface area contributed by atoms with E-state index < -0.39 is 11.9 Å². The Morgan fingerprint density at radius 3 is 2.40 bits per heavy atom. The standard InChI is InChI=1S/C6H3F3S/c7-5(6(8)9)4-2-1-3-10-4/h1-3H. The Labute approximate surface area is 59.6 Å². The minimum atomic E-state index is -2.26. The van der Waals surface area contributed by atoms with E-state index in [2.05, 4.69) is 0 Å². The van der Waals surface area contributed by atoms with Crippen LogP contribution in [-0.4, -0.2) is 0 Å². The average molecular weight is 164 g/mol. The number of hydrogen-bond acceptors (Lipinski definition) is 1. The van der Waals surface area contributed by atoms with E-state index in [0.717, 1.165) is 11.3 Å². The Morgan fingerprint density at radius 2 is 2.00 bits per heavy atom. The second-order valence-corrected chi connectivity index (χ2v) is 2.50. The van der Waals surface area contributed by atoms with Gasteiger partial charge in [-0.2, -0.15) is 13.2 Å². The zero-order valence-electron chi connectivity index (χ0n) is 4.77. The third-order valence-electron chi connectivity index (χ3n) is 0.903. The Kier molecular flexibility index (Phi) is 2.11. The van der Waals surface area contributed by atoms with Crippen molar-refractivity contribution >= 4 is 17.2 Å². The predicted octanol–water partition coefficient (Wildman–Crippen LogP) is 3.28. The molecule has 4 heteroatoms. The van der Waals surface area contributed by atoms with Crippen LogP contribution in [0.4, 0.5) is 13.2 Å². The molecule has 0 aliphatic heterocycles. The Morgan fingerprint density at radius 1 is 1.30 bits per heavy atom. The van der Waals surface area contributed by atoms with Crippen LogP contribution in [0, 0.1) is 0 Å². The van der Waals surface area contributed by atoms with Crippen molar-refractivity contribution in [2.24, 2.45) is 0 Å². The number of halogens is 3. The van der Waals surface area contributed by atoms with Crippen molar-refractivity contribution in [1.29, 1.82) is 0 Å². The first-order valence-electron chi connectivity index (χ1n) is 2.46. The molecule has 0 N–H and O–H groups in total. The molecular weight excluding hydrogens is 161 g/mol. The summed E-state index contributed by atoms with van der Waals surface area (Å²) >= 11 is 0.946. The summed E-state index contributed by atoms with van der Waals surface area (Å²) in [5.41, 5.74) is 0. The van der Waals surface area contributed by atoms with E-state index in [4.69, 9.17) is 0 Å². The molecular formula is C6H3F3S. The molecule has 1 aromatic rings. The molecule has 54 valence electrons. The molecule has 0 aliphatic rings. The normalized spacial score (nSPS) is 9.50. The van der Waals surface area contributed by atoms with E-state index in [1.807, 2.05) is 0 Å². The molecule has 0 unspecified atom stereocenters. The van der Waals surface area contributed by atoms with E-state index in [9.17, 15) is 13.2 Å². The molecule has 0 radical (unpaired) electrons. The fourth-order valence-corrected chi connectivity index (χ4v) is 1.14. The molecule has 0 nitrogen and oxygen atoms in total. The first-order chi connectivity index (χ1) is 4.72. The summed E-state index contributed by atoms with van der Waals surface area (Å²) in [7, 11) is 0. The van der Waals surface area contributed by atoms with Crippen LogP contribution in [0.1, 0.15) is 4.88 Å². The lowest BCUT2D eigenvalue weighted by Crippen LogP contribution is -1.69. The van der Waals surface area contributed by atoms with E-state index >= 15 is 0 Å². The highest BCUT2D eigenvalue weighted by Crippen LogP contribution is 2.25. The molecule has 1 aromatic heterocycles. The first kappa shape index (κ1) is 7.34. The van der Waals surface area contributed by atoms with Crippen molar-refractivity contribution in [2.45, 2.75) is 0 Å². The van der Waals surface area contributed by atoms with Crippen LogP contribution in [0.15, 0.2) is 23.6 Å². The third-order valence-corrected chi connectivity index (χ3v) is 1.77. The predicted molar refractivity (Wildman–Crippen MR) is 34.6 cm³/mol. The van der Waals surface area contributed by atoms with Crippen molar-refractivity contribution in [3.05, 3.63) is 28.5 Å². The van der Waals surface area contributed by atoms with Crippen LogP contribution in [0.25, 0.3) is 5.83 Å². The van der Waals surface area contributed by atoms with E-state index in [0.29, 0.717) is 0 Å². The van der Waals surface area contributed by atoms with Crippen LogP contribution in [-0.2, 0) is 0 Å². The van der Waals surface area contributed by atoms with Gasteiger partial charge in [-0.15, -0.1) is 11.3 Å². The van der Waals surface area contributed by atoms with E-state index in [1.165, 1.54) is 17.5 Å². The summed E-state index contributed by atoms with van der Waals surface area (Å²) < 4.78 is 35.2. The van der Waals surface area contributed by atoms with Gasteiger partial charge in [0.1, 0.15) is 0 Å². The van der Waals surface area contributed by atoms with Crippen LogP contribution >= 0.6 is 11.3 Å². The molecule has 10 heavy (non-hydrogen) atoms. The van der Waals surface area contributed by atoms with Gasteiger partial charge in [-0.1, -0.05) is 6.07 Å². The van der Waals surface area contributed by atoms with Crippen LogP contribution in [0.3, 0.4) is 0 Å². The summed E-state index contributed by atoms with van der Waals surface area (Å²) in [5, 5.41) is 1.54. The Balaban J connectivity index is 2.99. The van der Waals surface area contributed by atoms with Gasteiger partial charge in [-0.25, -0.2) is 0 Å². The molecule has 0 amide bonds. The van der Waals surface area contributed by atoms with Gasteiger partial charge in [0.05, 0.1) is 4.88 Å². The van der Waals surface area contributed by atoms with Gasteiger partial charge in [0.25, 0.3) is 0 Å². The maximum absolute atomic E-state index is 12.2. The van der Waals surface area contributed by atoms with E-state index in [1.54, 1.807) is 0 Å². The highest BCUT2D eigenvalue weighted by Gasteiger charge is 2.07. The van der Waals surface area contributed by atoms with Gasteiger partial charge < -0.3 is 0 Å². The van der Waals surface area contributed by atoms with Crippen LogP contribution in [0.5, 0.6) is 0 Å². The summed E-state index contributed by atoms with van der Waals surface area (Å²) in [6.45, 7) is 0. The van der Waals surface area contributed by atoms with Crippen molar-refractivity contribution in [3.8, 4) is 0 Å². The minimum Gasteiger partial charge on any atom is -0.199 e. The lowest BCUT2D eigenvalue weighted by atomic mass is 10.4. The fourth-order valence-electron chi connectivity index (χ4n) is 0.497. The molecule has 0 aliphatic carbocycles. The molecule has 0 bridgehead atoms. The Hall–Kier alpha value is -0.770. The Bertz CT molecular complexity index is 234. The van der Waals surface area contributed by atoms with Crippen LogP contribution < -0.4 is 0 Å². The summed E-state index contributed by atoms with van der Waals surface area (Å²) in [6, 6.07) is 2.82. The van der Waals surface area contributed by atoms with Crippen molar-refractivity contribution in [2.75, 3.05) is 0 Å². The smallest absolute Gasteiger partial charge is 0.199 e. The number of hydrogen-bond donors (Lipinski definition) is 0. The largest absolute Gasteiger partial charge is 0.307 e. The van der Waals surface area contributed by atoms with E-state index in [-0.39, 0.29) is 4.88 Å². The molecule has 0 atom stereocenters. The lowest BCUT2D eigenvalue weighted by molar-refractivity contribution is 0.411. The molecule has 0 spiro atoms. The third kappa shape index (κ3) is 1.39. The SMILES string of the molecule is FC(F)=C(F)c1cccs1. The molecule has 1 heterocycles. The van der Waals surface area contributed by atoms with Gasteiger partial charge in [0.15, 0.2) is 0 Å². The second kappa shape index (κ2) is 2.88. The lowest BCUT2D eigenvalue weighted by Gasteiger charge is -1.86. The fraction of sp³-hybridized carbons (Fsp3) is 0. The molecule has 0 aromatic carbocycles. The molecule has 0 saturated heterocycles. The molecule has 0 fully saturated rings. The van der Waals surface area contributed by atoms with Gasteiger partial charge in [0, 0.05) is 0 Å². The zero-order chi connectivity index (χ0) is 7.56.